The Kier molecular flexibility index (Phi) is 11.9. The van der Waals surface area contributed by atoms with Gasteiger partial charge in [0, 0.05) is 17.5 Å². The van der Waals surface area contributed by atoms with Gasteiger partial charge in [-0.05, 0) is 110 Å². The second-order valence-corrected chi connectivity index (χ2v) is 13.8. The van der Waals surface area contributed by atoms with E-state index >= 15 is 0 Å². The van der Waals surface area contributed by atoms with Crippen LogP contribution in [0.3, 0.4) is 0 Å². The van der Waals surface area contributed by atoms with Gasteiger partial charge in [-0.25, -0.2) is 0 Å². The van der Waals surface area contributed by atoms with Gasteiger partial charge in [0.05, 0.1) is 34.5 Å². The first kappa shape index (κ1) is 35.8. The summed E-state index contributed by atoms with van der Waals surface area (Å²) in [6, 6.07) is 26.2. The monoisotopic (exact) mass is 682 g/mol. The van der Waals surface area contributed by atoms with Gasteiger partial charge >= 0.3 is 0 Å². The first-order valence-electron chi connectivity index (χ1n) is 16.6. The minimum absolute atomic E-state index is 0.00964. The first-order valence-corrected chi connectivity index (χ1v) is 17.4. The van der Waals surface area contributed by atoms with E-state index < -0.39 is 4.75 Å². The average Bonchev–Trinajstić information content (AvgIpc) is 3.12. The van der Waals surface area contributed by atoms with Crippen LogP contribution in [0, 0.1) is 18.3 Å². The summed E-state index contributed by atoms with van der Waals surface area (Å²) in [7, 11) is 6.49. The van der Waals surface area contributed by atoms with Crippen molar-refractivity contribution in [3.63, 3.8) is 0 Å². The SMILES string of the molecule is COc1ccc(CC2c3cc(O)c(O)cc3CCN2CCCCCC(C#N)(Sc2ccc(C)cc2)c2ccc(OC)c(OC)c2)cc1OC. The number of benzene rings is 4. The van der Waals surface area contributed by atoms with Gasteiger partial charge < -0.3 is 29.2 Å². The number of fused-ring (bicyclic) bond motifs is 1. The van der Waals surface area contributed by atoms with Crippen molar-refractivity contribution >= 4 is 11.8 Å². The second-order valence-electron chi connectivity index (χ2n) is 12.5. The minimum atomic E-state index is -0.811. The van der Waals surface area contributed by atoms with Crippen LogP contribution in [0.5, 0.6) is 34.5 Å². The number of aromatic hydroxyl groups is 2. The number of aryl methyl sites for hydroxylation is 1. The van der Waals surface area contributed by atoms with E-state index in [1.54, 1.807) is 52.3 Å². The van der Waals surface area contributed by atoms with Gasteiger partial charge in [-0.3, -0.25) is 4.90 Å². The zero-order valence-corrected chi connectivity index (χ0v) is 29.8. The minimum Gasteiger partial charge on any atom is -0.504 e. The number of hydrogen-bond acceptors (Lipinski definition) is 9. The molecule has 5 rings (SSSR count). The number of phenols is 2. The lowest BCUT2D eigenvalue weighted by Gasteiger charge is -2.38. The molecule has 0 amide bonds. The molecule has 0 saturated heterocycles. The van der Waals surface area contributed by atoms with Crippen molar-refractivity contribution in [2.45, 2.75) is 61.1 Å². The van der Waals surface area contributed by atoms with E-state index in [1.165, 1.54) is 5.56 Å². The van der Waals surface area contributed by atoms with E-state index in [2.05, 4.69) is 48.2 Å². The molecule has 4 aromatic rings. The third-order valence-corrected chi connectivity index (χ3v) is 10.8. The van der Waals surface area contributed by atoms with Crippen molar-refractivity contribution < 1.29 is 29.2 Å². The molecule has 2 unspecified atom stereocenters. The topological polar surface area (TPSA) is 104 Å². The Morgan fingerprint density at radius 3 is 2.12 bits per heavy atom. The van der Waals surface area contributed by atoms with Crippen LogP contribution in [-0.4, -0.2) is 56.6 Å². The molecule has 0 fully saturated rings. The number of methoxy groups -OCH3 is 4. The fourth-order valence-electron chi connectivity index (χ4n) is 6.68. The van der Waals surface area contributed by atoms with Gasteiger partial charge in [0.25, 0.3) is 0 Å². The summed E-state index contributed by atoms with van der Waals surface area (Å²) >= 11 is 1.59. The number of hydrogen-bond donors (Lipinski definition) is 2. The fraction of sp³-hybridized carbons (Fsp3) is 0.375. The third-order valence-electron chi connectivity index (χ3n) is 9.40. The maximum atomic E-state index is 10.8. The van der Waals surface area contributed by atoms with Gasteiger partial charge in [-0.15, -0.1) is 0 Å². The maximum Gasteiger partial charge on any atom is 0.161 e. The molecule has 2 atom stereocenters. The fourth-order valence-corrected chi connectivity index (χ4v) is 7.89. The summed E-state index contributed by atoms with van der Waals surface area (Å²) in [5.41, 5.74) is 5.25. The summed E-state index contributed by atoms with van der Waals surface area (Å²) in [4.78, 5) is 3.52. The molecule has 8 nitrogen and oxygen atoms in total. The summed E-state index contributed by atoms with van der Waals surface area (Å²) < 4.78 is 21.3. The standard InChI is InChI=1S/C40H46N2O6S/c1-27-9-13-31(14-10-27)49-40(26-41,30-12-16-37(46-3)39(24-30)48-5)18-7-6-8-19-42-20-17-29-23-34(43)35(44)25-32(29)33(42)21-28-11-15-36(45-2)38(22-28)47-4/h9-16,22-25,33,43-44H,6-8,17-21H2,1-5H3. The number of ether oxygens (including phenoxy) is 4. The van der Waals surface area contributed by atoms with Gasteiger partial charge in [0.2, 0.25) is 0 Å². The maximum absolute atomic E-state index is 10.8. The number of nitriles is 1. The number of phenolic OH excluding ortho intramolecular Hbond substituents is 2. The zero-order valence-electron chi connectivity index (χ0n) is 29.0. The Labute approximate surface area is 294 Å². The number of rotatable bonds is 15. The lowest BCUT2D eigenvalue weighted by atomic mass is 9.87. The van der Waals surface area contributed by atoms with E-state index in [0.29, 0.717) is 35.8 Å². The predicted octanol–water partition coefficient (Wildman–Crippen LogP) is 8.35. The highest BCUT2D eigenvalue weighted by atomic mass is 32.2. The van der Waals surface area contributed by atoms with Crippen LogP contribution in [0.2, 0.25) is 0 Å². The Morgan fingerprint density at radius 2 is 1.45 bits per heavy atom. The Morgan fingerprint density at radius 1 is 0.796 bits per heavy atom. The van der Waals surface area contributed by atoms with Crippen molar-refractivity contribution in [1.82, 2.24) is 4.90 Å². The Bertz CT molecular complexity index is 1770. The molecule has 0 radical (unpaired) electrons. The van der Waals surface area contributed by atoms with Crippen LogP contribution in [-0.2, 0) is 17.6 Å². The molecule has 1 aliphatic heterocycles. The first-order chi connectivity index (χ1) is 23.7. The molecule has 2 N–H and O–H groups in total. The molecule has 0 aliphatic carbocycles. The number of unbranched alkanes of at least 4 members (excludes halogenated alkanes) is 2. The molecule has 0 spiro atoms. The van der Waals surface area contributed by atoms with E-state index in [4.69, 9.17) is 18.9 Å². The highest BCUT2D eigenvalue weighted by molar-refractivity contribution is 8.00. The lowest BCUT2D eigenvalue weighted by Crippen LogP contribution is -2.37. The zero-order chi connectivity index (χ0) is 35.0. The molecular formula is C40H46N2O6S. The van der Waals surface area contributed by atoms with Gasteiger partial charge in [0.15, 0.2) is 34.5 Å². The van der Waals surface area contributed by atoms with Crippen LogP contribution < -0.4 is 18.9 Å². The summed E-state index contributed by atoms with van der Waals surface area (Å²) in [5, 5.41) is 31.5. The molecule has 9 heteroatoms. The molecule has 1 heterocycles. The van der Waals surface area contributed by atoms with Crippen molar-refractivity contribution in [3.8, 4) is 40.6 Å². The van der Waals surface area contributed by atoms with Crippen LogP contribution in [0.25, 0.3) is 0 Å². The summed E-state index contributed by atoms with van der Waals surface area (Å²) in [6.45, 7) is 3.76. The smallest absolute Gasteiger partial charge is 0.161 e. The van der Waals surface area contributed by atoms with E-state index in [-0.39, 0.29) is 17.5 Å². The quantitative estimate of drug-likeness (QED) is 0.0727. The molecule has 49 heavy (non-hydrogen) atoms. The largest absolute Gasteiger partial charge is 0.504 e. The number of nitrogens with zero attached hydrogens (tertiary/aromatic N) is 2. The van der Waals surface area contributed by atoms with Crippen LogP contribution in [0.4, 0.5) is 0 Å². The highest BCUT2D eigenvalue weighted by Gasteiger charge is 2.35. The molecule has 1 aliphatic rings. The van der Waals surface area contributed by atoms with Crippen molar-refractivity contribution in [3.05, 3.63) is 101 Å². The van der Waals surface area contributed by atoms with E-state index in [1.807, 2.05) is 30.3 Å². The van der Waals surface area contributed by atoms with E-state index in [9.17, 15) is 15.5 Å². The average molecular weight is 683 g/mol. The molecule has 4 aromatic carbocycles. The van der Waals surface area contributed by atoms with Gasteiger partial charge in [-0.1, -0.05) is 54.4 Å². The second kappa shape index (κ2) is 16.3. The molecule has 0 aromatic heterocycles. The number of thioether (sulfide) groups is 1. The highest BCUT2D eigenvalue weighted by Crippen LogP contribution is 2.47. The van der Waals surface area contributed by atoms with Gasteiger partial charge in [0.1, 0.15) is 4.75 Å². The van der Waals surface area contributed by atoms with Crippen molar-refractivity contribution in [2.24, 2.45) is 0 Å². The molecular weight excluding hydrogens is 637 g/mol. The third kappa shape index (κ3) is 8.21. The van der Waals surface area contributed by atoms with Crippen LogP contribution >= 0.6 is 11.8 Å². The predicted molar refractivity (Wildman–Crippen MR) is 193 cm³/mol. The lowest BCUT2D eigenvalue weighted by molar-refractivity contribution is 0.178. The Hall–Kier alpha value is -4.52. The van der Waals surface area contributed by atoms with Gasteiger partial charge in [-0.2, -0.15) is 5.26 Å². The molecule has 0 bridgehead atoms. The normalized spacial score (nSPS) is 15.5. The van der Waals surface area contributed by atoms with Crippen LogP contribution in [0.1, 0.15) is 59.5 Å². The van der Waals surface area contributed by atoms with Crippen molar-refractivity contribution in [2.75, 3.05) is 41.5 Å². The van der Waals surface area contributed by atoms with Crippen molar-refractivity contribution in [1.29, 1.82) is 5.26 Å². The van der Waals surface area contributed by atoms with E-state index in [0.717, 1.165) is 65.9 Å². The molecule has 258 valence electrons. The Balaban J connectivity index is 1.33. The summed E-state index contributed by atoms with van der Waals surface area (Å²) in [5.74, 6) is 2.40. The summed E-state index contributed by atoms with van der Waals surface area (Å²) in [6.07, 6.45) is 4.92. The molecule has 0 saturated carbocycles. The van der Waals surface area contributed by atoms with Crippen LogP contribution in [0.15, 0.2) is 77.7 Å².